The molecule has 0 heterocycles. The van der Waals surface area contributed by atoms with Crippen LogP contribution in [0.5, 0.6) is 0 Å². The molecule has 0 aromatic heterocycles. The van der Waals surface area contributed by atoms with Crippen LogP contribution in [-0.4, -0.2) is 0 Å². The molecule has 0 fully saturated rings. The number of hydrogen-bond acceptors (Lipinski definition) is 0. The SMILES string of the molecule is [K+].[K+].[N-]=[N-]. The van der Waals surface area contributed by atoms with E-state index in [4.69, 9.17) is 11.1 Å². The quantitative estimate of drug-likeness (QED) is 0.219. The zero-order valence-corrected chi connectivity index (χ0v) is 9.14. The summed E-state index contributed by atoms with van der Waals surface area (Å²) in [5.74, 6) is 0. The van der Waals surface area contributed by atoms with E-state index in [2.05, 4.69) is 0 Å². The Morgan fingerprint density at radius 2 is 0.750 bits per heavy atom. The molecule has 2 nitrogen and oxygen atoms in total. The van der Waals surface area contributed by atoms with Gasteiger partial charge in [0.15, 0.2) is 0 Å². The summed E-state index contributed by atoms with van der Waals surface area (Å²) >= 11 is 0. The van der Waals surface area contributed by atoms with Crippen molar-refractivity contribution in [1.29, 1.82) is 0 Å². The second-order valence-electron chi connectivity index (χ2n) is 0. The maximum atomic E-state index is 6.00. The van der Waals surface area contributed by atoms with Crippen molar-refractivity contribution >= 4 is 0 Å². The first-order valence-corrected chi connectivity index (χ1v) is 0.200. The molecular formula is K2N2. The van der Waals surface area contributed by atoms with E-state index < -0.39 is 0 Å². The van der Waals surface area contributed by atoms with Crippen molar-refractivity contribution in [3.8, 4) is 0 Å². The van der Waals surface area contributed by atoms with Crippen LogP contribution in [0.3, 0.4) is 0 Å². The van der Waals surface area contributed by atoms with Gasteiger partial charge in [-0.1, -0.05) is 0 Å². The molecule has 0 radical (unpaired) electrons. The van der Waals surface area contributed by atoms with E-state index in [1.807, 2.05) is 0 Å². The van der Waals surface area contributed by atoms with Gasteiger partial charge < -0.3 is 11.1 Å². The Hall–Kier alpha value is 2.87. The third-order valence-electron chi connectivity index (χ3n) is 0. The van der Waals surface area contributed by atoms with E-state index in [0.29, 0.717) is 0 Å². The molecule has 0 aromatic rings. The van der Waals surface area contributed by atoms with Crippen molar-refractivity contribution in [1.82, 2.24) is 0 Å². The van der Waals surface area contributed by atoms with Gasteiger partial charge in [0.25, 0.3) is 0 Å². The predicted molar refractivity (Wildman–Crippen MR) is 6.72 cm³/mol. The molecule has 0 saturated heterocycles. The first-order valence-electron chi connectivity index (χ1n) is 0.200. The molecule has 0 amide bonds. The molecule has 0 aliphatic heterocycles. The summed E-state index contributed by atoms with van der Waals surface area (Å²) in [6, 6.07) is 0. The van der Waals surface area contributed by atoms with Gasteiger partial charge in [-0.25, -0.2) is 0 Å². The Morgan fingerprint density at radius 1 is 0.750 bits per heavy atom. The smallest absolute Gasteiger partial charge is 1.00 e. The van der Waals surface area contributed by atoms with Crippen LogP contribution in [0, 0.1) is 0 Å². The van der Waals surface area contributed by atoms with Crippen molar-refractivity contribution in [3.05, 3.63) is 11.1 Å². The normalized spacial score (nSPS) is 1.00. The maximum Gasteiger partial charge on any atom is 1.00 e. The molecule has 0 rings (SSSR count). The van der Waals surface area contributed by atoms with Gasteiger partial charge in [0, 0.05) is 0 Å². The minimum atomic E-state index is 0. The molecule has 0 aliphatic carbocycles. The van der Waals surface area contributed by atoms with Gasteiger partial charge in [-0.05, 0) is 0 Å². The van der Waals surface area contributed by atoms with E-state index in [9.17, 15) is 0 Å². The van der Waals surface area contributed by atoms with E-state index >= 15 is 0 Å². The minimum absolute atomic E-state index is 0. The average Bonchev–Trinajstić information content (AvgIpc) is 1.00. The predicted octanol–water partition coefficient (Wildman–Crippen LogP) is -5.41. The molecule has 4 heavy (non-hydrogen) atoms. The summed E-state index contributed by atoms with van der Waals surface area (Å²) in [5.41, 5.74) is 12.0. The van der Waals surface area contributed by atoms with Crippen molar-refractivity contribution in [2.75, 3.05) is 0 Å². The molecule has 4 heteroatoms. The fraction of sp³-hybridized carbons (Fsp3) is 0. The fourth-order valence-corrected chi connectivity index (χ4v) is 0. The van der Waals surface area contributed by atoms with Crippen LogP contribution in [0.25, 0.3) is 11.1 Å². The van der Waals surface area contributed by atoms with Crippen LogP contribution in [-0.2, 0) is 0 Å². The maximum absolute atomic E-state index is 6.00. The number of hydrogen-bond donors (Lipinski definition) is 0. The van der Waals surface area contributed by atoms with Gasteiger partial charge in [-0.15, -0.1) is 0 Å². The van der Waals surface area contributed by atoms with Crippen molar-refractivity contribution < 1.29 is 103 Å². The molecule has 0 aliphatic rings. The molecule has 0 spiro atoms. The van der Waals surface area contributed by atoms with Gasteiger partial charge in [0.05, 0.1) is 0 Å². The van der Waals surface area contributed by atoms with Crippen LogP contribution < -0.4 is 103 Å². The Kier molecular flexibility index (Phi) is 66.8. The van der Waals surface area contributed by atoms with Crippen LogP contribution in [0.15, 0.2) is 0 Å². The number of rotatable bonds is 0. The molecule has 0 aromatic carbocycles. The molecule has 0 saturated carbocycles. The first-order chi connectivity index (χ1) is 1.00. The second-order valence-corrected chi connectivity index (χ2v) is 0. The fourth-order valence-electron chi connectivity index (χ4n) is 0. The average molecular weight is 106 g/mol. The summed E-state index contributed by atoms with van der Waals surface area (Å²) < 4.78 is 0. The summed E-state index contributed by atoms with van der Waals surface area (Å²) in [6.07, 6.45) is 0. The molecule has 0 N–H and O–H groups in total. The standard InChI is InChI=1S/2K.N2/c;;1-2/q2*+1;-2. The van der Waals surface area contributed by atoms with Crippen LogP contribution in [0.1, 0.15) is 0 Å². The third kappa shape index (κ3) is 8.86. The van der Waals surface area contributed by atoms with Gasteiger partial charge in [0.1, 0.15) is 0 Å². The van der Waals surface area contributed by atoms with E-state index in [1.165, 1.54) is 0 Å². The van der Waals surface area contributed by atoms with E-state index in [1.54, 1.807) is 0 Å². The summed E-state index contributed by atoms with van der Waals surface area (Å²) in [6.45, 7) is 0. The zero-order chi connectivity index (χ0) is 2.00. The molecule has 0 bridgehead atoms. The first kappa shape index (κ1) is 15.8. The Balaban J connectivity index is -0.00000000500. The molecule has 0 atom stereocenters. The third-order valence-corrected chi connectivity index (χ3v) is 0. The van der Waals surface area contributed by atoms with E-state index in [0.717, 1.165) is 0 Å². The van der Waals surface area contributed by atoms with Gasteiger partial charge >= 0.3 is 103 Å². The van der Waals surface area contributed by atoms with Crippen molar-refractivity contribution in [2.24, 2.45) is 0 Å². The summed E-state index contributed by atoms with van der Waals surface area (Å²) in [7, 11) is 0. The zero-order valence-electron chi connectivity index (χ0n) is 2.89. The van der Waals surface area contributed by atoms with Crippen molar-refractivity contribution in [3.63, 3.8) is 0 Å². The van der Waals surface area contributed by atoms with Gasteiger partial charge in [-0.2, -0.15) is 0 Å². The summed E-state index contributed by atoms with van der Waals surface area (Å²) in [4.78, 5) is 0. The summed E-state index contributed by atoms with van der Waals surface area (Å²) in [5, 5.41) is 0. The second kappa shape index (κ2) is 16.9. The van der Waals surface area contributed by atoms with E-state index in [-0.39, 0.29) is 103 Å². The monoisotopic (exact) mass is 106 g/mol. The largest absolute Gasteiger partial charge is 1.00 e. The van der Waals surface area contributed by atoms with Crippen LogP contribution in [0.2, 0.25) is 0 Å². The number of nitrogens with zero attached hydrogens (tertiary/aromatic N) is 2. The Labute approximate surface area is 110 Å². The van der Waals surface area contributed by atoms with Gasteiger partial charge in [0.2, 0.25) is 0 Å². The van der Waals surface area contributed by atoms with Crippen LogP contribution >= 0.6 is 0 Å². The Bertz CT molecular complexity index is 4.00. The molecular weight excluding hydrogens is 106 g/mol. The topological polar surface area (TPSA) is 44.6 Å². The molecule has 0 unspecified atom stereocenters. The van der Waals surface area contributed by atoms with Crippen molar-refractivity contribution in [2.45, 2.75) is 0 Å². The van der Waals surface area contributed by atoms with Gasteiger partial charge in [-0.3, -0.25) is 0 Å². The minimum Gasteiger partial charge on any atom is -1.00 e. The Morgan fingerprint density at radius 3 is 0.750 bits per heavy atom. The van der Waals surface area contributed by atoms with Crippen LogP contribution in [0.4, 0.5) is 0 Å². The molecule has 12 valence electrons.